The Morgan fingerprint density at radius 2 is 1.52 bits per heavy atom. The average Bonchev–Trinajstić information content (AvgIpc) is 2.79. The monoisotopic (exact) mass is 472 g/mol. The van der Waals surface area contributed by atoms with E-state index in [9.17, 15) is 21.6 Å². The van der Waals surface area contributed by atoms with Gasteiger partial charge in [-0.15, -0.1) is 0 Å². The van der Waals surface area contributed by atoms with Gasteiger partial charge in [-0.05, 0) is 36.4 Å². The third kappa shape index (κ3) is 5.26. The first-order chi connectivity index (χ1) is 15.7. The first-order valence-corrected chi connectivity index (χ1v) is 10.9. The van der Waals surface area contributed by atoms with Gasteiger partial charge >= 0.3 is 6.18 Å². The number of sulfonamides is 1. The van der Waals surface area contributed by atoms with E-state index in [-0.39, 0.29) is 22.0 Å². The van der Waals surface area contributed by atoms with Crippen LogP contribution in [0.15, 0.2) is 90.0 Å². The van der Waals surface area contributed by atoms with Crippen molar-refractivity contribution >= 4 is 16.0 Å². The SMILES string of the molecule is O=S(=O)(Nc1nc(Oc2ccccc2)cc(-c2cccnc2C(F)(F)F)n1)c1ccccc1. The largest absolute Gasteiger partial charge is 0.439 e. The third-order valence-electron chi connectivity index (χ3n) is 4.30. The zero-order chi connectivity index (χ0) is 23.5. The molecule has 2 heterocycles. The van der Waals surface area contributed by atoms with E-state index in [0.29, 0.717) is 5.75 Å². The summed E-state index contributed by atoms with van der Waals surface area (Å²) in [7, 11) is -4.11. The minimum Gasteiger partial charge on any atom is -0.439 e. The van der Waals surface area contributed by atoms with E-state index in [1.807, 2.05) is 0 Å². The molecule has 0 aliphatic carbocycles. The minimum atomic E-state index is -4.76. The van der Waals surface area contributed by atoms with Gasteiger partial charge in [-0.1, -0.05) is 36.4 Å². The number of aromatic nitrogens is 3. The molecule has 0 unspecified atom stereocenters. The second kappa shape index (κ2) is 8.87. The number of alkyl halides is 3. The van der Waals surface area contributed by atoms with Gasteiger partial charge < -0.3 is 4.74 Å². The van der Waals surface area contributed by atoms with Crippen LogP contribution in [-0.4, -0.2) is 23.4 Å². The molecule has 168 valence electrons. The molecule has 4 rings (SSSR count). The molecule has 2 aromatic heterocycles. The Bertz CT molecular complexity index is 1370. The standard InChI is InChI=1S/C22H15F3N4O3S/c23-22(24,25)20-17(12-7-13-26-20)18-14-19(32-15-8-3-1-4-9-15)28-21(27-18)29-33(30,31)16-10-5-2-6-11-16/h1-14H,(H,27,28,29). The zero-order valence-corrected chi connectivity index (χ0v) is 17.5. The normalized spacial score (nSPS) is 11.7. The van der Waals surface area contributed by atoms with Crippen molar-refractivity contribution in [3.05, 3.63) is 90.8 Å². The van der Waals surface area contributed by atoms with Gasteiger partial charge in [0, 0.05) is 17.8 Å². The van der Waals surface area contributed by atoms with Gasteiger partial charge in [0.1, 0.15) is 5.75 Å². The van der Waals surface area contributed by atoms with Crippen LogP contribution in [-0.2, 0) is 16.2 Å². The predicted molar refractivity (Wildman–Crippen MR) is 114 cm³/mol. The van der Waals surface area contributed by atoms with Crippen LogP contribution in [0.3, 0.4) is 0 Å². The number of pyridine rings is 1. The molecule has 0 aliphatic heterocycles. The first kappa shape index (κ1) is 22.2. The van der Waals surface area contributed by atoms with Gasteiger partial charge in [0.05, 0.1) is 10.6 Å². The minimum absolute atomic E-state index is 0.0677. The molecule has 0 radical (unpaired) electrons. The number of nitrogens with zero attached hydrogens (tertiary/aromatic N) is 3. The maximum absolute atomic E-state index is 13.5. The van der Waals surface area contributed by atoms with Gasteiger partial charge in [-0.25, -0.2) is 18.1 Å². The molecule has 0 amide bonds. The fourth-order valence-corrected chi connectivity index (χ4v) is 3.85. The van der Waals surface area contributed by atoms with Crippen molar-refractivity contribution in [3.63, 3.8) is 0 Å². The average molecular weight is 472 g/mol. The van der Waals surface area contributed by atoms with Gasteiger partial charge in [-0.2, -0.15) is 18.2 Å². The van der Waals surface area contributed by atoms with E-state index in [0.717, 1.165) is 6.20 Å². The van der Waals surface area contributed by atoms with E-state index in [2.05, 4.69) is 19.7 Å². The lowest BCUT2D eigenvalue weighted by Gasteiger charge is -2.14. The number of ether oxygens (including phenoxy) is 1. The van der Waals surface area contributed by atoms with Crippen molar-refractivity contribution in [1.29, 1.82) is 0 Å². The summed E-state index contributed by atoms with van der Waals surface area (Å²) >= 11 is 0. The van der Waals surface area contributed by atoms with E-state index >= 15 is 0 Å². The van der Waals surface area contributed by atoms with Crippen molar-refractivity contribution in [3.8, 4) is 22.9 Å². The highest BCUT2D eigenvalue weighted by Crippen LogP contribution is 2.36. The molecule has 0 bridgehead atoms. The van der Waals surface area contributed by atoms with Crippen molar-refractivity contribution in [1.82, 2.24) is 15.0 Å². The Hall–Kier alpha value is -3.99. The number of benzene rings is 2. The van der Waals surface area contributed by atoms with Gasteiger partial charge in [0.15, 0.2) is 5.69 Å². The van der Waals surface area contributed by atoms with Crippen LogP contribution in [0.1, 0.15) is 5.69 Å². The summed E-state index contributed by atoms with van der Waals surface area (Å²) in [6.07, 6.45) is -3.75. The molecule has 0 atom stereocenters. The highest BCUT2D eigenvalue weighted by Gasteiger charge is 2.36. The van der Waals surface area contributed by atoms with Crippen molar-refractivity contribution < 1.29 is 26.3 Å². The van der Waals surface area contributed by atoms with Crippen LogP contribution in [0.4, 0.5) is 19.1 Å². The van der Waals surface area contributed by atoms with Crippen molar-refractivity contribution in [2.45, 2.75) is 11.1 Å². The lowest BCUT2D eigenvalue weighted by molar-refractivity contribution is -0.140. The quantitative estimate of drug-likeness (QED) is 0.417. The highest BCUT2D eigenvalue weighted by atomic mass is 32.2. The molecular weight excluding hydrogens is 457 g/mol. The Kier molecular flexibility index (Phi) is 5.97. The fourth-order valence-electron chi connectivity index (χ4n) is 2.89. The molecule has 0 aliphatic rings. The number of para-hydroxylation sites is 1. The van der Waals surface area contributed by atoms with Crippen LogP contribution < -0.4 is 9.46 Å². The van der Waals surface area contributed by atoms with Gasteiger partial charge in [0.2, 0.25) is 11.8 Å². The molecule has 1 N–H and O–H groups in total. The van der Waals surface area contributed by atoms with Crippen LogP contribution in [0.25, 0.3) is 11.3 Å². The highest BCUT2D eigenvalue weighted by molar-refractivity contribution is 7.92. The number of nitrogens with one attached hydrogen (secondary N) is 1. The van der Waals surface area contributed by atoms with E-state index < -0.39 is 27.8 Å². The maximum Gasteiger partial charge on any atom is 0.434 e. The van der Waals surface area contributed by atoms with Gasteiger partial charge in [0.25, 0.3) is 10.0 Å². The summed E-state index contributed by atoms with van der Waals surface area (Å²) in [6, 6.07) is 19.5. The second-order valence-electron chi connectivity index (χ2n) is 6.65. The smallest absolute Gasteiger partial charge is 0.434 e. The van der Waals surface area contributed by atoms with E-state index in [1.54, 1.807) is 36.4 Å². The lowest BCUT2D eigenvalue weighted by atomic mass is 10.1. The molecule has 0 saturated heterocycles. The summed E-state index contributed by atoms with van der Waals surface area (Å²) in [5, 5.41) is 0. The Morgan fingerprint density at radius 1 is 0.848 bits per heavy atom. The summed E-state index contributed by atoms with van der Waals surface area (Å²) in [5.74, 6) is -0.269. The maximum atomic E-state index is 13.5. The first-order valence-electron chi connectivity index (χ1n) is 9.45. The Morgan fingerprint density at radius 3 is 2.18 bits per heavy atom. The third-order valence-corrected chi connectivity index (χ3v) is 5.64. The zero-order valence-electron chi connectivity index (χ0n) is 16.7. The molecule has 4 aromatic rings. The summed E-state index contributed by atoms with van der Waals surface area (Å²) in [6.45, 7) is 0. The number of hydrogen-bond acceptors (Lipinski definition) is 6. The molecule has 2 aromatic carbocycles. The molecule has 33 heavy (non-hydrogen) atoms. The molecular formula is C22H15F3N4O3S. The number of halogens is 3. The Labute approximate surface area is 187 Å². The molecule has 0 spiro atoms. The van der Waals surface area contributed by atoms with Crippen LogP contribution in [0, 0.1) is 0 Å². The Balaban J connectivity index is 1.82. The summed E-state index contributed by atoms with van der Waals surface area (Å²) in [5.41, 5.74) is -1.75. The van der Waals surface area contributed by atoms with E-state index in [4.69, 9.17) is 4.74 Å². The number of anilines is 1. The fraction of sp³-hybridized carbons (Fsp3) is 0.0455. The lowest BCUT2D eigenvalue weighted by Crippen LogP contribution is -2.16. The topological polar surface area (TPSA) is 94.1 Å². The molecule has 7 nitrogen and oxygen atoms in total. The molecule has 0 fully saturated rings. The van der Waals surface area contributed by atoms with Crippen molar-refractivity contribution in [2.75, 3.05) is 4.72 Å². The van der Waals surface area contributed by atoms with Crippen LogP contribution >= 0.6 is 0 Å². The summed E-state index contributed by atoms with van der Waals surface area (Å²) < 4.78 is 73.9. The second-order valence-corrected chi connectivity index (χ2v) is 8.33. The van der Waals surface area contributed by atoms with E-state index in [1.165, 1.54) is 42.5 Å². The number of hydrogen-bond donors (Lipinski definition) is 1. The van der Waals surface area contributed by atoms with Gasteiger partial charge in [-0.3, -0.25) is 4.98 Å². The molecule has 0 saturated carbocycles. The molecule has 11 heteroatoms. The summed E-state index contributed by atoms with van der Waals surface area (Å²) in [4.78, 5) is 11.4. The van der Waals surface area contributed by atoms with Crippen LogP contribution in [0.5, 0.6) is 11.6 Å². The van der Waals surface area contributed by atoms with Crippen LogP contribution in [0.2, 0.25) is 0 Å². The van der Waals surface area contributed by atoms with Crippen molar-refractivity contribution in [2.24, 2.45) is 0 Å². The predicted octanol–water partition coefficient (Wildman–Crippen LogP) is 5.15. The number of rotatable bonds is 6.